The van der Waals surface area contributed by atoms with Crippen molar-refractivity contribution in [2.24, 2.45) is 0 Å². The molecule has 72 valence electrons. The van der Waals surface area contributed by atoms with E-state index in [4.69, 9.17) is 5.11 Å². The normalized spacial score (nSPS) is 7.15. The SMILES string of the molecule is C=C(C)C(=O)O.O.c1ccccc1. The topological polar surface area (TPSA) is 68.8 Å². The third-order valence-electron chi connectivity index (χ3n) is 1.03. The zero-order valence-electron chi connectivity index (χ0n) is 7.53. The van der Waals surface area contributed by atoms with Gasteiger partial charge in [-0.25, -0.2) is 4.79 Å². The van der Waals surface area contributed by atoms with Gasteiger partial charge in [-0.05, 0) is 6.92 Å². The van der Waals surface area contributed by atoms with Crippen molar-refractivity contribution in [3.63, 3.8) is 0 Å². The molecule has 0 spiro atoms. The molecule has 0 atom stereocenters. The Morgan fingerprint density at radius 1 is 1.08 bits per heavy atom. The number of rotatable bonds is 1. The number of hydrogen-bond donors (Lipinski definition) is 1. The van der Waals surface area contributed by atoms with Gasteiger partial charge in [0.25, 0.3) is 0 Å². The molecular weight excluding hydrogens is 168 g/mol. The van der Waals surface area contributed by atoms with Crippen molar-refractivity contribution in [1.29, 1.82) is 0 Å². The van der Waals surface area contributed by atoms with Crippen molar-refractivity contribution in [2.75, 3.05) is 0 Å². The first-order valence-electron chi connectivity index (χ1n) is 3.53. The van der Waals surface area contributed by atoms with E-state index in [0.29, 0.717) is 0 Å². The van der Waals surface area contributed by atoms with Crippen LogP contribution < -0.4 is 0 Å². The molecule has 1 aromatic carbocycles. The first kappa shape index (κ1) is 13.9. The highest BCUT2D eigenvalue weighted by atomic mass is 16.4. The van der Waals surface area contributed by atoms with Gasteiger partial charge in [0.1, 0.15) is 0 Å². The summed E-state index contributed by atoms with van der Waals surface area (Å²) in [5, 5.41) is 7.89. The van der Waals surface area contributed by atoms with E-state index in [0.717, 1.165) is 0 Å². The summed E-state index contributed by atoms with van der Waals surface area (Å²) in [5.41, 5.74) is 0.176. The molecule has 0 unspecified atom stereocenters. The van der Waals surface area contributed by atoms with Crippen molar-refractivity contribution in [2.45, 2.75) is 6.92 Å². The number of hydrogen-bond acceptors (Lipinski definition) is 1. The van der Waals surface area contributed by atoms with Crippen molar-refractivity contribution < 1.29 is 15.4 Å². The monoisotopic (exact) mass is 182 g/mol. The number of benzene rings is 1. The summed E-state index contributed by atoms with van der Waals surface area (Å²) in [6.45, 7) is 4.60. The highest BCUT2D eigenvalue weighted by molar-refractivity contribution is 5.84. The van der Waals surface area contributed by atoms with Crippen LogP contribution in [0.1, 0.15) is 6.92 Å². The molecule has 3 N–H and O–H groups in total. The van der Waals surface area contributed by atoms with E-state index in [2.05, 4.69) is 6.58 Å². The zero-order chi connectivity index (χ0) is 9.40. The predicted molar refractivity (Wildman–Crippen MR) is 52.5 cm³/mol. The van der Waals surface area contributed by atoms with Gasteiger partial charge in [-0.1, -0.05) is 43.0 Å². The maximum Gasteiger partial charge on any atom is 0.330 e. The molecule has 0 radical (unpaired) electrons. The number of carbonyl (C=O) groups is 1. The Balaban J connectivity index is 0. The van der Waals surface area contributed by atoms with E-state index < -0.39 is 5.97 Å². The van der Waals surface area contributed by atoms with Gasteiger partial charge < -0.3 is 10.6 Å². The standard InChI is InChI=1S/C6H6.C4H6O2.H2O/c1-2-4-6-5-3-1;1-3(2)4(5)6;/h1-6H;1H2,2H3,(H,5,6);1H2. The van der Waals surface area contributed by atoms with Crippen LogP contribution in [-0.4, -0.2) is 16.6 Å². The van der Waals surface area contributed by atoms with E-state index in [-0.39, 0.29) is 11.0 Å². The smallest absolute Gasteiger partial charge is 0.330 e. The van der Waals surface area contributed by atoms with Gasteiger partial charge in [0.2, 0.25) is 0 Å². The molecule has 0 saturated heterocycles. The fourth-order valence-electron chi connectivity index (χ4n) is 0.385. The molecule has 1 rings (SSSR count). The summed E-state index contributed by atoms with van der Waals surface area (Å²) in [7, 11) is 0. The van der Waals surface area contributed by atoms with Crippen molar-refractivity contribution in [1.82, 2.24) is 0 Å². The third kappa shape index (κ3) is 10.4. The van der Waals surface area contributed by atoms with Gasteiger partial charge in [-0.15, -0.1) is 0 Å². The van der Waals surface area contributed by atoms with Crippen LogP contribution in [0.5, 0.6) is 0 Å². The third-order valence-corrected chi connectivity index (χ3v) is 1.03. The maximum absolute atomic E-state index is 9.60. The highest BCUT2D eigenvalue weighted by Crippen LogP contribution is 1.81. The highest BCUT2D eigenvalue weighted by Gasteiger charge is 1.90. The summed E-state index contributed by atoms with van der Waals surface area (Å²) in [4.78, 5) is 9.60. The molecule has 3 nitrogen and oxygen atoms in total. The van der Waals surface area contributed by atoms with Gasteiger partial charge in [0.05, 0.1) is 0 Å². The van der Waals surface area contributed by atoms with E-state index in [9.17, 15) is 4.79 Å². The summed E-state index contributed by atoms with van der Waals surface area (Å²) in [6.07, 6.45) is 0. The minimum Gasteiger partial charge on any atom is -0.478 e. The van der Waals surface area contributed by atoms with Gasteiger partial charge >= 0.3 is 5.97 Å². The molecule has 0 bridgehead atoms. The van der Waals surface area contributed by atoms with Crippen molar-refractivity contribution in [3.8, 4) is 0 Å². The van der Waals surface area contributed by atoms with Crippen LogP contribution in [-0.2, 0) is 4.79 Å². The van der Waals surface area contributed by atoms with Gasteiger partial charge in [-0.3, -0.25) is 0 Å². The molecule has 0 heterocycles. The van der Waals surface area contributed by atoms with Crippen LogP contribution in [0.2, 0.25) is 0 Å². The first-order valence-corrected chi connectivity index (χ1v) is 3.53. The lowest BCUT2D eigenvalue weighted by Crippen LogP contribution is -1.92. The second-order valence-corrected chi connectivity index (χ2v) is 2.24. The van der Waals surface area contributed by atoms with Crippen LogP contribution in [0.3, 0.4) is 0 Å². The van der Waals surface area contributed by atoms with Crippen LogP contribution >= 0.6 is 0 Å². The minimum atomic E-state index is -0.935. The first-order chi connectivity index (χ1) is 5.64. The predicted octanol–water partition coefficient (Wildman–Crippen LogP) is 1.51. The Morgan fingerprint density at radius 3 is 1.31 bits per heavy atom. The van der Waals surface area contributed by atoms with Crippen LogP contribution in [0.15, 0.2) is 48.6 Å². The largest absolute Gasteiger partial charge is 0.478 e. The summed E-state index contributed by atoms with van der Waals surface area (Å²) >= 11 is 0. The molecule has 0 fully saturated rings. The van der Waals surface area contributed by atoms with Gasteiger partial charge in [0.15, 0.2) is 0 Å². The van der Waals surface area contributed by atoms with Crippen molar-refractivity contribution in [3.05, 3.63) is 48.6 Å². The van der Waals surface area contributed by atoms with Gasteiger partial charge in [0, 0.05) is 5.57 Å². The molecule has 3 heteroatoms. The second-order valence-electron chi connectivity index (χ2n) is 2.24. The second kappa shape index (κ2) is 8.49. The van der Waals surface area contributed by atoms with E-state index in [1.165, 1.54) is 6.92 Å². The molecular formula is C10H14O3. The fraction of sp³-hybridized carbons (Fsp3) is 0.100. The molecule has 1 aromatic rings. The average molecular weight is 182 g/mol. The number of carboxylic acid groups (broad SMARTS) is 1. The summed E-state index contributed by atoms with van der Waals surface area (Å²) in [5.74, 6) is -0.935. The molecule has 0 amide bonds. The Bertz CT molecular complexity index is 203. The van der Waals surface area contributed by atoms with E-state index in [1.54, 1.807) is 0 Å². The number of aliphatic carboxylic acids is 1. The zero-order valence-corrected chi connectivity index (χ0v) is 7.53. The fourth-order valence-corrected chi connectivity index (χ4v) is 0.385. The van der Waals surface area contributed by atoms with Crippen LogP contribution in [0.25, 0.3) is 0 Å². The van der Waals surface area contributed by atoms with E-state index >= 15 is 0 Å². The Morgan fingerprint density at radius 2 is 1.23 bits per heavy atom. The lowest BCUT2D eigenvalue weighted by Gasteiger charge is -1.79. The molecule has 0 saturated carbocycles. The Kier molecular flexibility index (Phi) is 9.10. The van der Waals surface area contributed by atoms with Crippen LogP contribution in [0.4, 0.5) is 0 Å². The minimum absolute atomic E-state index is 0. The molecule has 0 aliphatic heterocycles. The number of carboxylic acids is 1. The quantitative estimate of drug-likeness (QED) is 0.669. The molecule has 0 aliphatic rings. The lowest BCUT2D eigenvalue weighted by molar-refractivity contribution is -0.132. The molecule has 0 aromatic heterocycles. The van der Waals surface area contributed by atoms with Crippen LogP contribution in [0, 0.1) is 0 Å². The summed E-state index contributed by atoms with van der Waals surface area (Å²) in [6, 6.07) is 12.0. The van der Waals surface area contributed by atoms with E-state index in [1.807, 2.05) is 36.4 Å². The lowest BCUT2D eigenvalue weighted by atomic mass is 10.4. The average Bonchev–Trinajstić information content (AvgIpc) is 2.08. The molecule has 13 heavy (non-hydrogen) atoms. The Labute approximate surface area is 77.6 Å². The Hall–Kier alpha value is -1.61. The van der Waals surface area contributed by atoms with Gasteiger partial charge in [-0.2, -0.15) is 0 Å². The maximum atomic E-state index is 9.60. The van der Waals surface area contributed by atoms with Crippen molar-refractivity contribution >= 4 is 5.97 Å². The molecule has 0 aliphatic carbocycles. The summed E-state index contributed by atoms with van der Waals surface area (Å²) < 4.78 is 0.